The molecule has 0 aromatic rings. The molecule has 1 saturated carbocycles. The first-order valence-corrected chi connectivity index (χ1v) is 5.76. The molecule has 0 spiro atoms. The van der Waals surface area contributed by atoms with Crippen LogP contribution in [-0.2, 0) is 4.74 Å². The normalized spacial score (nSPS) is 30.0. The Labute approximate surface area is 93.2 Å². The van der Waals surface area contributed by atoms with Gasteiger partial charge in [0.05, 0.1) is 11.7 Å². The van der Waals surface area contributed by atoms with Crippen LogP contribution in [0.2, 0.25) is 0 Å². The average molecular weight is 215 g/mol. The second-order valence-electron chi connectivity index (χ2n) is 5.79. The highest BCUT2D eigenvalue weighted by Gasteiger charge is 2.46. The minimum Gasteiger partial charge on any atom is -0.392 e. The Morgan fingerprint density at radius 1 is 1.47 bits per heavy atom. The molecular weight excluding hydrogens is 190 g/mol. The molecule has 2 atom stereocenters. The van der Waals surface area contributed by atoms with Gasteiger partial charge in [0.1, 0.15) is 0 Å². The molecule has 0 heterocycles. The maximum atomic E-state index is 9.59. The standard InChI is InChI=1S/C12H25NO2/c1-11(2,15-5)6-7-13-9-8-10(14)12(9,3)4/h9-10,13-14H,6-8H2,1-5H3. The summed E-state index contributed by atoms with van der Waals surface area (Å²) in [5.41, 5.74) is -0.0310. The molecule has 2 unspecified atom stereocenters. The zero-order valence-electron chi connectivity index (χ0n) is 10.6. The van der Waals surface area contributed by atoms with Gasteiger partial charge in [0, 0.05) is 18.6 Å². The highest BCUT2D eigenvalue weighted by Crippen LogP contribution is 2.40. The third-order valence-electron chi connectivity index (χ3n) is 3.89. The first-order chi connectivity index (χ1) is 6.79. The van der Waals surface area contributed by atoms with Gasteiger partial charge in [0.25, 0.3) is 0 Å². The topological polar surface area (TPSA) is 41.5 Å². The number of aliphatic hydroxyl groups excluding tert-OH is 1. The van der Waals surface area contributed by atoms with Gasteiger partial charge in [0.15, 0.2) is 0 Å². The van der Waals surface area contributed by atoms with Crippen LogP contribution in [0.25, 0.3) is 0 Å². The Morgan fingerprint density at radius 2 is 2.07 bits per heavy atom. The van der Waals surface area contributed by atoms with Crippen molar-refractivity contribution in [3.63, 3.8) is 0 Å². The van der Waals surface area contributed by atoms with E-state index in [2.05, 4.69) is 33.0 Å². The fourth-order valence-electron chi connectivity index (χ4n) is 1.90. The molecule has 3 nitrogen and oxygen atoms in total. The van der Waals surface area contributed by atoms with Crippen LogP contribution < -0.4 is 5.32 Å². The molecule has 0 aromatic heterocycles. The summed E-state index contributed by atoms with van der Waals surface area (Å²) in [5.74, 6) is 0. The number of hydrogen-bond donors (Lipinski definition) is 2. The van der Waals surface area contributed by atoms with Gasteiger partial charge in [-0.25, -0.2) is 0 Å². The van der Waals surface area contributed by atoms with E-state index in [0.717, 1.165) is 19.4 Å². The van der Waals surface area contributed by atoms with Crippen LogP contribution >= 0.6 is 0 Å². The van der Waals surface area contributed by atoms with E-state index in [-0.39, 0.29) is 17.1 Å². The largest absolute Gasteiger partial charge is 0.392 e. The zero-order chi connectivity index (χ0) is 11.7. The van der Waals surface area contributed by atoms with Crippen molar-refractivity contribution < 1.29 is 9.84 Å². The first kappa shape index (κ1) is 12.9. The maximum absolute atomic E-state index is 9.59. The van der Waals surface area contributed by atoms with Crippen molar-refractivity contribution in [3.05, 3.63) is 0 Å². The Kier molecular flexibility index (Phi) is 3.80. The molecule has 3 heteroatoms. The smallest absolute Gasteiger partial charge is 0.0634 e. The van der Waals surface area contributed by atoms with Crippen molar-refractivity contribution in [2.45, 2.75) is 58.3 Å². The van der Waals surface area contributed by atoms with Crippen LogP contribution in [0.3, 0.4) is 0 Å². The van der Waals surface area contributed by atoms with E-state index in [1.165, 1.54) is 0 Å². The molecule has 0 saturated heterocycles. The zero-order valence-corrected chi connectivity index (χ0v) is 10.6. The van der Waals surface area contributed by atoms with Gasteiger partial charge in [-0.1, -0.05) is 13.8 Å². The van der Waals surface area contributed by atoms with E-state index in [1.807, 2.05) is 0 Å². The molecule has 90 valence electrons. The van der Waals surface area contributed by atoms with E-state index >= 15 is 0 Å². The highest BCUT2D eigenvalue weighted by molar-refractivity contribution is 5.01. The fourth-order valence-corrected chi connectivity index (χ4v) is 1.90. The van der Waals surface area contributed by atoms with Gasteiger partial charge in [0.2, 0.25) is 0 Å². The van der Waals surface area contributed by atoms with Gasteiger partial charge in [-0.05, 0) is 33.2 Å². The van der Waals surface area contributed by atoms with E-state index < -0.39 is 0 Å². The van der Waals surface area contributed by atoms with Crippen molar-refractivity contribution in [2.24, 2.45) is 5.41 Å². The van der Waals surface area contributed by atoms with E-state index in [1.54, 1.807) is 7.11 Å². The molecule has 0 radical (unpaired) electrons. The maximum Gasteiger partial charge on any atom is 0.0634 e. The quantitative estimate of drug-likeness (QED) is 0.731. The van der Waals surface area contributed by atoms with Crippen LogP contribution in [0.15, 0.2) is 0 Å². The molecule has 1 aliphatic rings. The molecule has 1 aliphatic carbocycles. The fraction of sp³-hybridized carbons (Fsp3) is 1.00. The minimum atomic E-state index is -0.148. The number of aliphatic hydroxyl groups is 1. The second-order valence-corrected chi connectivity index (χ2v) is 5.79. The summed E-state index contributed by atoms with van der Waals surface area (Å²) in [5, 5.41) is 13.1. The van der Waals surface area contributed by atoms with Gasteiger partial charge in [-0.3, -0.25) is 0 Å². The molecule has 1 fully saturated rings. The predicted molar refractivity (Wildman–Crippen MR) is 61.9 cm³/mol. The summed E-state index contributed by atoms with van der Waals surface area (Å²) in [6.45, 7) is 9.35. The van der Waals surface area contributed by atoms with Gasteiger partial charge in [-0.2, -0.15) is 0 Å². The molecule has 1 rings (SSSR count). The number of hydrogen-bond acceptors (Lipinski definition) is 3. The lowest BCUT2D eigenvalue weighted by atomic mass is 9.64. The van der Waals surface area contributed by atoms with E-state index in [4.69, 9.17) is 4.74 Å². The molecule has 0 aliphatic heterocycles. The van der Waals surface area contributed by atoms with E-state index in [0.29, 0.717) is 6.04 Å². The second kappa shape index (κ2) is 4.40. The summed E-state index contributed by atoms with van der Waals surface area (Å²) >= 11 is 0. The van der Waals surface area contributed by atoms with Crippen molar-refractivity contribution in [3.8, 4) is 0 Å². The number of methoxy groups -OCH3 is 1. The third-order valence-corrected chi connectivity index (χ3v) is 3.89. The van der Waals surface area contributed by atoms with Crippen LogP contribution in [0.4, 0.5) is 0 Å². The van der Waals surface area contributed by atoms with Gasteiger partial charge in [-0.15, -0.1) is 0 Å². The van der Waals surface area contributed by atoms with Crippen LogP contribution in [-0.4, -0.2) is 36.5 Å². The van der Waals surface area contributed by atoms with E-state index in [9.17, 15) is 5.11 Å². The summed E-state index contributed by atoms with van der Waals surface area (Å²) in [7, 11) is 1.75. The van der Waals surface area contributed by atoms with Crippen LogP contribution in [0.5, 0.6) is 0 Å². The van der Waals surface area contributed by atoms with Crippen LogP contribution in [0.1, 0.15) is 40.5 Å². The number of nitrogens with one attached hydrogen (secondary N) is 1. The van der Waals surface area contributed by atoms with Gasteiger partial charge < -0.3 is 15.2 Å². The van der Waals surface area contributed by atoms with Crippen molar-refractivity contribution in [1.82, 2.24) is 5.32 Å². The summed E-state index contributed by atoms with van der Waals surface area (Å²) < 4.78 is 5.35. The Morgan fingerprint density at radius 3 is 2.47 bits per heavy atom. The summed E-state index contributed by atoms with van der Waals surface area (Å²) in [4.78, 5) is 0. The highest BCUT2D eigenvalue weighted by atomic mass is 16.5. The molecule has 0 aromatic carbocycles. The third kappa shape index (κ3) is 2.92. The Bertz CT molecular complexity index is 214. The molecular formula is C12H25NO2. The van der Waals surface area contributed by atoms with Crippen LogP contribution in [0, 0.1) is 5.41 Å². The Hall–Kier alpha value is -0.120. The molecule has 2 N–H and O–H groups in total. The summed E-state index contributed by atoms with van der Waals surface area (Å²) in [6.07, 6.45) is 1.72. The average Bonchev–Trinajstić information content (AvgIpc) is 2.16. The van der Waals surface area contributed by atoms with Crippen molar-refractivity contribution in [1.29, 1.82) is 0 Å². The lowest BCUT2D eigenvalue weighted by Gasteiger charge is -2.50. The number of ether oxygens (including phenoxy) is 1. The first-order valence-electron chi connectivity index (χ1n) is 5.76. The minimum absolute atomic E-state index is 0.0250. The lowest BCUT2D eigenvalue weighted by Crippen LogP contribution is -2.60. The Balaban J connectivity index is 2.23. The molecule has 0 amide bonds. The van der Waals surface area contributed by atoms with Crippen molar-refractivity contribution >= 4 is 0 Å². The van der Waals surface area contributed by atoms with Crippen molar-refractivity contribution in [2.75, 3.05) is 13.7 Å². The molecule has 15 heavy (non-hydrogen) atoms. The summed E-state index contributed by atoms with van der Waals surface area (Å²) in [6, 6.07) is 0.445. The van der Waals surface area contributed by atoms with Gasteiger partial charge >= 0.3 is 0 Å². The monoisotopic (exact) mass is 215 g/mol. The lowest BCUT2D eigenvalue weighted by molar-refractivity contribution is -0.0743. The SMILES string of the molecule is COC(C)(C)CCNC1CC(O)C1(C)C. The molecule has 0 bridgehead atoms. The number of rotatable bonds is 5. The predicted octanol–water partition coefficient (Wildman–Crippen LogP) is 1.55.